The highest BCUT2D eigenvalue weighted by Gasteiger charge is 2.38. The van der Waals surface area contributed by atoms with Crippen LogP contribution in [0.25, 0.3) is 0 Å². The Morgan fingerprint density at radius 2 is 2.25 bits per heavy atom. The van der Waals surface area contributed by atoms with E-state index in [1.807, 2.05) is 18.2 Å². The molecule has 1 saturated heterocycles. The summed E-state index contributed by atoms with van der Waals surface area (Å²) >= 11 is 0. The fourth-order valence-electron chi connectivity index (χ4n) is 2.72. The van der Waals surface area contributed by atoms with Gasteiger partial charge in [0, 0.05) is 17.9 Å². The van der Waals surface area contributed by atoms with Gasteiger partial charge in [-0.25, -0.2) is 0 Å². The maximum atomic E-state index is 11.9. The van der Waals surface area contributed by atoms with Gasteiger partial charge in [0.15, 0.2) is 5.78 Å². The van der Waals surface area contributed by atoms with Crippen LogP contribution >= 0.6 is 0 Å². The number of ketones is 1. The van der Waals surface area contributed by atoms with Crippen LogP contribution in [0.2, 0.25) is 0 Å². The Balaban J connectivity index is 2.10. The van der Waals surface area contributed by atoms with Gasteiger partial charge in [0.1, 0.15) is 5.75 Å². The lowest BCUT2D eigenvalue weighted by molar-refractivity contribution is 0.0940. The van der Waals surface area contributed by atoms with E-state index in [2.05, 4.69) is 0 Å². The Hall–Kier alpha value is -1.35. The fourth-order valence-corrected chi connectivity index (χ4v) is 2.72. The van der Waals surface area contributed by atoms with Gasteiger partial charge < -0.3 is 9.47 Å². The van der Waals surface area contributed by atoms with Crippen LogP contribution in [0.5, 0.6) is 5.75 Å². The predicted molar refractivity (Wildman–Crippen MR) is 59.0 cm³/mol. The number of methoxy groups -OCH3 is 1. The number of hydrogen-bond donors (Lipinski definition) is 0. The molecule has 3 nitrogen and oxygen atoms in total. The van der Waals surface area contributed by atoms with Gasteiger partial charge >= 0.3 is 0 Å². The van der Waals surface area contributed by atoms with Crippen molar-refractivity contribution >= 4 is 5.78 Å². The maximum absolute atomic E-state index is 11.9. The topological polar surface area (TPSA) is 35.5 Å². The van der Waals surface area contributed by atoms with Crippen LogP contribution in [0.3, 0.4) is 0 Å². The largest absolute Gasteiger partial charge is 0.497 e. The van der Waals surface area contributed by atoms with Gasteiger partial charge in [-0.1, -0.05) is 0 Å². The van der Waals surface area contributed by atoms with Gasteiger partial charge in [-0.3, -0.25) is 4.79 Å². The van der Waals surface area contributed by atoms with Crippen molar-refractivity contribution < 1.29 is 14.3 Å². The monoisotopic (exact) mass is 218 g/mol. The zero-order chi connectivity index (χ0) is 11.1. The normalized spacial score (nSPS) is 27.4. The molecule has 1 aliphatic carbocycles. The van der Waals surface area contributed by atoms with Crippen LogP contribution in [0.4, 0.5) is 0 Å². The van der Waals surface area contributed by atoms with E-state index in [1.165, 1.54) is 0 Å². The van der Waals surface area contributed by atoms with Gasteiger partial charge in [-0.05, 0) is 29.7 Å². The average molecular weight is 218 g/mol. The second kappa shape index (κ2) is 3.59. The van der Waals surface area contributed by atoms with E-state index in [-0.39, 0.29) is 5.78 Å². The quantitative estimate of drug-likeness (QED) is 0.723. The van der Waals surface area contributed by atoms with E-state index >= 15 is 0 Å². The summed E-state index contributed by atoms with van der Waals surface area (Å²) in [6.07, 6.45) is 0.629. The molecule has 0 bridgehead atoms. The lowest BCUT2D eigenvalue weighted by atomic mass is 9.76. The van der Waals surface area contributed by atoms with Gasteiger partial charge in [0.05, 0.1) is 20.3 Å². The van der Waals surface area contributed by atoms with Crippen LogP contribution in [-0.4, -0.2) is 26.1 Å². The average Bonchev–Trinajstić information content (AvgIpc) is 2.76. The molecule has 2 unspecified atom stereocenters. The standard InChI is InChI=1S/C13H14O3/c1-15-9-2-3-10-11(5-9)12-7-16-6-8(12)4-13(10)14/h2-3,5,8,12H,4,6-7H2,1H3. The molecule has 1 heterocycles. The fraction of sp³-hybridized carbons (Fsp3) is 0.462. The maximum Gasteiger partial charge on any atom is 0.163 e. The predicted octanol–water partition coefficient (Wildman–Crippen LogP) is 2.01. The third-order valence-electron chi connectivity index (χ3n) is 3.60. The van der Waals surface area contributed by atoms with Crippen molar-refractivity contribution in [1.82, 2.24) is 0 Å². The first kappa shape index (κ1) is 9.85. The lowest BCUT2D eigenvalue weighted by Crippen LogP contribution is -2.23. The number of carbonyl (C=O) groups excluding carboxylic acids is 1. The minimum Gasteiger partial charge on any atom is -0.497 e. The van der Waals surface area contributed by atoms with Crippen molar-refractivity contribution in [3.05, 3.63) is 29.3 Å². The first-order valence-corrected chi connectivity index (χ1v) is 5.58. The minimum absolute atomic E-state index is 0.240. The van der Waals surface area contributed by atoms with Crippen LogP contribution in [0.1, 0.15) is 28.3 Å². The summed E-state index contributed by atoms with van der Waals surface area (Å²) < 4.78 is 10.7. The summed E-state index contributed by atoms with van der Waals surface area (Å²) in [5.74, 6) is 1.80. The molecule has 1 aromatic carbocycles. The molecule has 0 amide bonds. The van der Waals surface area contributed by atoms with Crippen LogP contribution in [-0.2, 0) is 4.74 Å². The van der Waals surface area contributed by atoms with Gasteiger partial charge in [0.25, 0.3) is 0 Å². The number of Topliss-reactive ketones (excluding diaryl/α,β-unsaturated/α-hetero) is 1. The highest BCUT2D eigenvalue weighted by atomic mass is 16.5. The van der Waals surface area contributed by atoms with E-state index in [0.717, 1.165) is 23.5 Å². The first-order chi connectivity index (χ1) is 7.79. The van der Waals surface area contributed by atoms with Gasteiger partial charge in [0.2, 0.25) is 0 Å². The van der Waals surface area contributed by atoms with E-state index in [0.29, 0.717) is 24.9 Å². The van der Waals surface area contributed by atoms with E-state index in [9.17, 15) is 4.79 Å². The summed E-state index contributed by atoms with van der Waals surface area (Å²) in [6, 6.07) is 5.72. The molecule has 1 aromatic rings. The van der Waals surface area contributed by atoms with Crippen molar-refractivity contribution in [2.24, 2.45) is 5.92 Å². The van der Waals surface area contributed by atoms with E-state index in [4.69, 9.17) is 9.47 Å². The molecule has 16 heavy (non-hydrogen) atoms. The molecule has 3 heteroatoms. The van der Waals surface area contributed by atoms with Crippen molar-refractivity contribution in [2.75, 3.05) is 20.3 Å². The molecule has 0 N–H and O–H groups in total. The number of rotatable bonds is 1. The summed E-state index contributed by atoms with van der Waals surface area (Å²) in [5.41, 5.74) is 1.96. The number of carbonyl (C=O) groups is 1. The molecular weight excluding hydrogens is 204 g/mol. The highest BCUT2D eigenvalue weighted by Crippen LogP contribution is 2.41. The molecule has 0 saturated carbocycles. The number of ether oxygens (including phenoxy) is 2. The second-order valence-electron chi connectivity index (χ2n) is 4.48. The molecule has 1 aliphatic heterocycles. The SMILES string of the molecule is COc1ccc2c(c1)C1COCC1CC2=O. The van der Waals surface area contributed by atoms with E-state index < -0.39 is 0 Å². The Labute approximate surface area is 94.4 Å². The summed E-state index contributed by atoms with van der Waals surface area (Å²) in [4.78, 5) is 11.9. The Morgan fingerprint density at radius 3 is 3.06 bits per heavy atom. The van der Waals surface area contributed by atoms with Crippen LogP contribution < -0.4 is 4.74 Å². The van der Waals surface area contributed by atoms with Crippen LogP contribution in [0, 0.1) is 5.92 Å². The molecule has 84 valence electrons. The Kier molecular flexibility index (Phi) is 2.21. The number of fused-ring (bicyclic) bond motifs is 3. The molecule has 1 fully saturated rings. The van der Waals surface area contributed by atoms with Crippen molar-refractivity contribution in [3.63, 3.8) is 0 Å². The molecular formula is C13H14O3. The molecule has 0 radical (unpaired) electrons. The first-order valence-electron chi connectivity index (χ1n) is 5.58. The molecule has 2 aliphatic rings. The molecule has 2 atom stereocenters. The summed E-state index contributed by atoms with van der Waals surface area (Å²) in [6.45, 7) is 1.45. The number of benzene rings is 1. The van der Waals surface area contributed by atoms with Crippen molar-refractivity contribution in [2.45, 2.75) is 12.3 Å². The summed E-state index contributed by atoms with van der Waals surface area (Å²) in [7, 11) is 1.65. The summed E-state index contributed by atoms with van der Waals surface area (Å²) in [5, 5.41) is 0. The molecule has 0 spiro atoms. The van der Waals surface area contributed by atoms with Crippen molar-refractivity contribution in [3.8, 4) is 5.75 Å². The van der Waals surface area contributed by atoms with E-state index in [1.54, 1.807) is 7.11 Å². The lowest BCUT2D eigenvalue weighted by Gasteiger charge is -2.25. The Morgan fingerprint density at radius 1 is 1.38 bits per heavy atom. The zero-order valence-corrected chi connectivity index (χ0v) is 9.23. The third-order valence-corrected chi connectivity index (χ3v) is 3.60. The van der Waals surface area contributed by atoms with Crippen molar-refractivity contribution in [1.29, 1.82) is 0 Å². The smallest absolute Gasteiger partial charge is 0.163 e. The van der Waals surface area contributed by atoms with Gasteiger partial charge in [-0.15, -0.1) is 0 Å². The zero-order valence-electron chi connectivity index (χ0n) is 9.23. The third kappa shape index (κ3) is 1.35. The minimum atomic E-state index is 0.240. The molecule has 0 aromatic heterocycles. The highest BCUT2D eigenvalue weighted by molar-refractivity contribution is 5.99. The van der Waals surface area contributed by atoms with Gasteiger partial charge in [-0.2, -0.15) is 0 Å². The molecule has 3 rings (SSSR count). The Bertz CT molecular complexity index is 439. The number of hydrogen-bond acceptors (Lipinski definition) is 3. The van der Waals surface area contributed by atoms with Crippen LogP contribution in [0.15, 0.2) is 18.2 Å². The second-order valence-corrected chi connectivity index (χ2v) is 4.48.